The van der Waals surface area contributed by atoms with Crippen molar-refractivity contribution in [2.24, 2.45) is 12.8 Å². The highest BCUT2D eigenvalue weighted by Crippen LogP contribution is 2.27. The Morgan fingerprint density at radius 1 is 1.20 bits per heavy atom. The predicted molar refractivity (Wildman–Crippen MR) is 142 cm³/mol. The molecule has 3 rings (SSSR count). The van der Waals surface area contributed by atoms with Crippen molar-refractivity contribution in [2.45, 2.75) is 46.6 Å². The van der Waals surface area contributed by atoms with Crippen LogP contribution in [0.1, 0.15) is 59.1 Å². The van der Waals surface area contributed by atoms with Crippen LogP contribution in [0, 0.1) is 13.8 Å². The number of hydrogen-bond donors (Lipinski definition) is 4. The monoisotopic (exact) mass is 476 g/mol. The number of hydrogen-bond acceptors (Lipinski definition) is 6. The molecule has 8 nitrogen and oxygen atoms in total. The van der Waals surface area contributed by atoms with Crippen molar-refractivity contribution in [3.8, 4) is 0 Å². The van der Waals surface area contributed by atoms with Crippen molar-refractivity contribution in [3.05, 3.63) is 82.3 Å². The van der Waals surface area contributed by atoms with Crippen molar-refractivity contribution >= 4 is 23.0 Å². The van der Waals surface area contributed by atoms with Gasteiger partial charge in [-0.05, 0) is 60.2 Å². The number of nitrogens with two attached hydrogens (primary N) is 1. The molecule has 0 spiro atoms. The molecule has 0 saturated heterocycles. The number of anilines is 2. The molecule has 0 radical (unpaired) electrons. The Hall–Kier alpha value is -3.62. The second-order valence-corrected chi connectivity index (χ2v) is 9.73. The van der Waals surface area contributed by atoms with Crippen LogP contribution in [-0.2, 0) is 19.1 Å². The lowest BCUT2D eigenvalue weighted by molar-refractivity contribution is 0.102. The molecule has 0 atom stereocenters. The molecule has 2 aromatic carbocycles. The molecule has 0 aliphatic rings. The first-order chi connectivity index (χ1) is 16.4. The number of benzene rings is 2. The van der Waals surface area contributed by atoms with Crippen molar-refractivity contribution in [2.75, 3.05) is 17.4 Å². The van der Waals surface area contributed by atoms with Crippen LogP contribution in [0.3, 0.4) is 0 Å². The Kier molecular flexibility index (Phi) is 7.67. The van der Waals surface area contributed by atoms with E-state index in [-0.39, 0.29) is 17.9 Å². The summed E-state index contributed by atoms with van der Waals surface area (Å²) in [5, 5.41) is 18.8. The second kappa shape index (κ2) is 10.3. The van der Waals surface area contributed by atoms with Crippen molar-refractivity contribution in [1.82, 2.24) is 15.2 Å². The summed E-state index contributed by atoms with van der Waals surface area (Å²) in [6, 6.07) is 11.2. The van der Waals surface area contributed by atoms with E-state index in [4.69, 9.17) is 5.73 Å². The topological polar surface area (TPSA) is 108 Å². The second-order valence-electron chi connectivity index (χ2n) is 9.73. The van der Waals surface area contributed by atoms with Gasteiger partial charge in [-0.3, -0.25) is 14.5 Å². The Balaban J connectivity index is 1.91. The average Bonchev–Trinajstić information content (AvgIpc) is 3.16. The highest BCUT2D eigenvalue weighted by Gasteiger charge is 2.18. The first-order valence-electron chi connectivity index (χ1n) is 11.5. The van der Waals surface area contributed by atoms with Gasteiger partial charge in [-0.25, -0.2) is 5.43 Å². The van der Waals surface area contributed by atoms with Crippen molar-refractivity contribution < 1.29 is 9.90 Å². The van der Waals surface area contributed by atoms with Gasteiger partial charge in [0, 0.05) is 42.8 Å². The highest BCUT2D eigenvalue weighted by atomic mass is 16.3. The summed E-state index contributed by atoms with van der Waals surface area (Å²) in [6.45, 7) is 10.1. The largest absolute Gasteiger partial charge is 0.397 e. The molecule has 0 bridgehead atoms. The number of nitrogens with zero attached hydrogens (tertiary/aromatic N) is 3. The Labute approximate surface area is 207 Å². The van der Waals surface area contributed by atoms with Crippen molar-refractivity contribution in [1.29, 1.82) is 0 Å². The Bertz CT molecular complexity index is 1250. The standard InChI is InChI=1S/C27H36N6O2/c1-17-8-9-22(31-26(35)20-10-19(16-34)11-21(12-20)27(3,4)5)13-25(17)33(29-6)15-24(28)23-14-30-32(7)18(23)2/h8-15,29,34H,16,28H2,1-7H3,(H,31,35). The van der Waals surface area contributed by atoms with Crippen LogP contribution >= 0.6 is 0 Å². The molecule has 0 aliphatic carbocycles. The summed E-state index contributed by atoms with van der Waals surface area (Å²) >= 11 is 0. The first-order valence-corrected chi connectivity index (χ1v) is 11.5. The summed E-state index contributed by atoms with van der Waals surface area (Å²) in [7, 11) is 3.68. The number of hydrazine groups is 1. The summed E-state index contributed by atoms with van der Waals surface area (Å²) in [5.41, 5.74) is 16.5. The third kappa shape index (κ3) is 5.90. The normalized spacial score (nSPS) is 12.1. The molecule has 1 aromatic heterocycles. The number of amides is 1. The van der Waals surface area contributed by atoms with E-state index in [1.807, 2.05) is 56.2 Å². The van der Waals surface area contributed by atoms with Gasteiger partial charge in [0.25, 0.3) is 5.91 Å². The van der Waals surface area contributed by atoms with Gasteiger partial charge in [0.15, 0.2) is 0 Å². The van der Waals surface area contributed by atoms with Gasteiger partial charge < -0.3 is 16.2 Å². The van der Waals surface area contributed by atoms with Crippen LogP contribution < -0.4 is 21.5 Å². The summed E-state index contributed by atoms with van der Waals surface area (Å²) in [5.74, 6) is -0.238. The maximum absolute atomic E-state index is 13.1. The van der Waals surface area contributed by atoms with E-state index in [2.05, 4.69) is 36.6 Å². The fourth-order valence-corrected chi connectivity index (χ4v) is 3.74. The minimum atomic E-state index is -0.238. The lowest BCUT2D eigenvalue weighted by Crippen LogP contribution is -2.31. The van der Waals surface area contributed by atoms with E-state index in [1.54, 1.807) is 30.2 Å². The molecule has 0 aliphatic heterocycles. The lowest BCUT2D eigenvalue weighted by Gasteiger charge is -2.23. The molecule has 1 amide bonds. The number of aliphatic hydroxyl groups excluding tert-OH is 1. The zero-order valence-corrected chi connectivity index (χ0v) is 21.6. The molecule has 3 aromatic rings. The fourth-order valence-electron chi connectivity index (χ4n) is 3.74. The van der Waals surface area contributed by atoms with Gasteiger partial charge in [-0.1, -0.05) is 32.9 Å². The summed E-state index contributed by atoms with van der Waals surface area (Å²) in [6.07, 6.45) is 3.54. The third-order valence-corrected chi connectivity index (χ3v) is 6.09. The molecule has 0 fully saturated rings. The number of aliphatic hydroxyl groups is 1. The number of carbonyl (C=O) groups excluding carboxylic acids is 1. The van der Waals surface area contributed by atoms with E-state index < -0.39 is 0 Å². The molecule has 186 valence electrons. The molecule has 5 N–H and O–H groups in total. The van der Waals surface area contributed by atoms with E-state index >= 15 is 0 Å². The smallest absolute Gasteiger partial charge is 0.255 e. The summed E-state index contributed by atoms with van der Waals surface area (Å²) < 4.78 is 1.78. The van der Waals surface area contributed by atoms with Crippen LogP contribution in [0.15, 0.2) is 48.8 Å². The van der Waals surface area contributed by atoms with Crippen molar-refractivity contribution in [3.63, 3.8) is 0 Å². The van der Waals surface area contributed by atoms with Crippen LogP contribution in [0.5, 0.6) is 0 Å². The molecule has 8 heteroatoms. The summed E-state index contributed by atoms with van der Waals surface area (Å²) in [4.78, 5) is 13.1. The number of aromatic nitrogens is 2. The Morgan fingerprint density at radius 2 is 1.91 bits per heavy atom. The van der Waals surface area contributed by atoms with Crippen LogP contribution in [0.2, 0.25) is 0 Å². The van der Waals surface area contributed by atoms with Gasteiger partial charge in [0.05, 0.1) is 24.2 Å². The quantitative estimate of drug-likeness (QED) is 0.384. The number of aryl methyl sites for hydroxylation is 2. The molecule has 0 saturated carbocycles. The predicted octanol–water partition coefficient (Wildman–Crippen LogP) is 3.98. The molecule has 0 unspecified atom stereocenters. The minimum absolute atomic E-state index is 0.125. The molecule has 1 heterocycles. The van der Waals surface area contributed by atoms with E-state index in [0.717, 1.165) is 28.1 Å². The minimum Gasteiger partial charge on any atom is -0.397 e. The average molecular weight is 477 g/mol. The molecular formula is C27H36N6O2. The number of rotatable bonds is 7. The van der Waals surface area contributed by atoms with Crippen LogP contribution in [0.25, 0.3) is 5.70 Å². The zero-order chi connectivity index (χ0) is 25.9. The van der Waals surface area contributed by atoms with Gasteiger partial charge in [-0.15, -0.1) is 0 Å². The fraction of sp³-hybridized carbons (Fsp3) is 0.333. The highest BCUT2D eigenvalue weighted by molar-refractivity contribution is 6.04. The van der Waals surface area contributed by atoms with Gasteiger partial charge in [0.2, 0.25) is 0 Å². The molecular weight excluding hydrogens is 440 g/mol. The lowest BCUT2D eigenvalue weighted by atomic mass is 9.85. The van der Waals surface area contributed by atoms with E-state index in [0.29, 0.717) is 22.5 Å². The Morgan fingerprint density at radius 3 is 2.49 bits per heavy atom. The maximum Gasteiger partial charge on any atom is 0.255 e. The maximum atomic E-state index is 13.1. The first kappa shape index (κ1) is 26.0. The SMILES string of the molecule is CNN(C=C(N)c1cnn(C)c1C)c1cc(NC(=O)c2cc(CO)cc(C(C)(C)C)c2)ccc1C. The van der Waals surface area contributed by atoms with Gasteiger partial charge >= 0.3 is 0 Å². The van der Waals surface area contributed by atoms with E-state index in [9.17, 15) is 9.90 Å². The van der Waals surface area contributed by atoms with Crippen LogP contribution in [0.4, 0.5) is 11.4 Å². The van der Waals surface area contributed by atoms with Gasteiger partial charge in [-0.2, -0.15) is 5.10 Å². The number of nitrogens with one attached hydrogen (secondary N) is 2. The zero-order valence-electron chi connectivity index (χ0n) is 21.6. The van der Waals surface area contributed by atoms with E-state index in [1.165, 1.54) is 0 Å². The number of carbonyl (C=O) groups is 1. The van der Waals surface area contributed by atoms with Gasteiger partial charge in [0.1, 0.15) is 0 Å². The molecule has 35 heavy (non-hydrogen) atoms. The van der Waals surface area contributed by atoms with Crippen LogP contribution in [-0.4, -0.2) is 27.8 Å². The third-order valence-electron chi connectivity index (χ3n) is 6.09.